The van der Waals surface area contributed by atoms with E-state index in [1.807, 2.05) is 19.1 Å². The average Bonchev–Trinajstić information content (AvgIpc) is 3.55. The van der Waals surface area contributed by atoms with Crippen molar-refractivity contribution < 1.29 is 19.5 Å². The summed E-state index contributed by atoms with van der Waals surface area (Å²) >= 11 is 1.34. The number of hydrogen-bond donors (Lipinski definition) is 3. The molecule has 0 atom stereocenters. The lowest BCUT2D eigenvalue weighted by Gasteiger charge is -2.14. The predicted octanol–water partition coefficient (Wildman–Crippen LogP) is 4.69. The molecule has 2 amide bonds. The van der Waals surface area contributed by atoms with Crippen molar-refractivity contribution >= 4 is 39.9 Å². The maximum Gasteiger partial charge on any atom is 0.356 e. The topological polar surface area (TPSA) is 126 Å². The van der Waals surface area contributed by atoms with Crippen molar-refractivity contribution in [2.45, 2.75) is 45.4 Å². The monoisotopic (exact) mass is 481 g/mol. The van der Waals surface area contributed by atoms with Crippen molar-refractivity contribution in [1.82, 2.24) is 14.5 Å². The molecule has 0 unspecified atom stereocenters. The number of amides is 2. The lowest BCUT2D eigenvalue weighted by atomic mass is 9.94. The van der Waals surface area contributed by atoms with Gasteiger partial charge in [-0.2, -0.15) is 0 Å². The lowest BCUT2D eigenvalue weighted by molar-refractivity contribution is 0.0690. The zero-order chi connectivity index (χ0) is 24.2. The summed E-state index contributed by atoms with van der Waals surface area (Å²) < 4.78 is 1.70. The molecule has 178 valence electrons. The molecule has 2 heterocycles. The maximum absolute atomic E-state index is 13.0. The van der Waals surface area contributed by atoms with Crippen molar-refractivity contribution in [2.24, 2.45) is 13.0 Å². The number of ketones is 1. The molecule has 1 aliphatic rings. The Kier molecular flexibility index (Phi) is 7.06. The first-order valence-electron chi connectivity index (χ1n) is 11.2. The van der Waals surface area contributed by atoms with Crippen LogP contribution in [0.4, 0.5) is 15.6 Å². The molecule has 0 spiro atoms. The third-order valence-electron chi connectivity index (χ3n) is 5.98. The fourth-order valence-electron chi connectivity index (χ4n) is 4.19. The van der Waals surface area contributed by atoms with Crippen LogP contribution in [0.1, 0.15) is 62.8 Å². The van der Waals surface area contributed by atoms with Crippen LogP contribution in [0.5, 0.6) is 0 Å². The van der Waals surface area contributed by atoms with E-state index in [0.717, 1.165) is 36.1 Å². The molecule has 9 nitrogen and oxygen atoms in total. The van der Waals surface area contributed by atoms with E-state index in [4.69, 9.17) is 5.11 Å². The minimum atomic E-state index is -1.06. The van der Waals surface area contributed by atoms with Crippen LogP contribution in [0, 0.1) is 12.8 Å². The number of carbonyl (C=O) groups excluding carboxylic acids is 2. The number of carboxylic acids is 1. The number of rotatable bonds is 8. The number of anilines is 2. The molecule has 34 heavy (non-hydrogen) atoms. The third kappa shape index (κ3) is 5.51. The Hall–Kier alpha value is -3.53. The molecule has 3 aromatic rings. The minimum Gasteiger partial charge on any atom is -0.476 e. The summed E-state index contributed by atoms with van der Waals surface area (Å²) in [5, 5.41) is 15.1. The Bertz CT molecular complexity index is 1230. The number of carbonyl (C=O) groups is 3. The number of hydrogen-bond acceptors (Lipinski definition) is 6. The number of carboxylic acid groups (broad SMARTS) is 1. The highest BCUT2D eigenvalue weighted by atomic mass is 32.1. The van der Waals surface area contributed by atoms with Gasteiger partial charge in [-0.25, -0.2) is 19.6 Å². The van der Waals surface area contributed by atoms with E-state index >= 15 is 0 Å². The lowest BCUT2D eigenvalue weighted by Crippen LogP contribution is -2.22. The Morgan fingerprint density at radius 3 is 2.65 bits per heavy atom. The van der Waals surface area contributed by atoms with E-state index in [-0.39, 0.29) is 17.4 Å². The van der Waals surface area contributed by atoms with Gasteiger partial charge in [0.1, 0.15) is 5.82 Å². The van der Waals surface area contributed by atoms with E-state index in [1.54, 1.807) is 23.9 Å². The van der Waals surface area contributed by atoms with Gasteiger partial charge >= 0.3 is 12.0 Å². The second kappa shape index (κ2) is 10.2. The largest absolute Gasteiger partial charge is 0.476 e. The van der Waals surface area contributed by atoms with Gasteiger partial charge in [0.05, 0.1) is 5.69 Å². The van der Waals surface area contributed by atoms with E-state index in [0.29, 0.717) is 35.0 Å². The fourth-order valence-corrected chi connectivity index (χ4v) is 4.99. The van der Waals surface area contributed by atoms with E-state index in [2.05, 4.69) is 20.6 Å². The molecule has 0 saturated heterocycles. The summed E-state index contributed by atoms with van der Waals surface area (Å²) in [4.78, 5) is 46.0. The van der Waals surface area contributed by atoms with E-state index in [1.165, 1.54) is 17.5 Å². The number of urea groups is 1. The molecular weight excluding hydrogens is 454 g/mol. The number of nitrogens with zero attached hydrogens (tertiary/aromatic N) is 3. The first kappa shape index (κ1) is 23.6. The Balaban J connectivity index is 1.37. The standard InChI is InChI=1S/C24H27N5O4S/c1-14-7-9-18(17(11-14)21(30)15-5-3-4-6-15)27-23(33)28-24-25-12-16(34-24)8-10-20-26-19(22(31)32)13-29(20)2/h7,9,11-13,15H,3-6,8,10H2,1-2H3,(H,31,32)(H2,25,27,28,33). The second-order valence-electron chi connectivity index (χ2n) is 8.56. The van der Waals surface area contributed by atoms with Crippen LogP contribution in [-0.2, 0) is 19.9 Å². The van der Waals surface area contributed by atoms with Crippen molar-refractivity contribution in [3.8, 4) is 0 Å². The predicted molar refractivity (Wildman–Crippen MR) is 130 cm³/mol. The molecule has 1 aliphatic carbocycles. The zero-order valence-electron chi connectivity index (χ0n) is 19.1. The summed E-state index contributed by atoms with van der Waals surface area (Å²) in [5.74, 6) is -0.277. The first-order chi connectivity index (χ1) is 16.3. The highest BCUT2D eigenvalue weighted by Gasteiger charge is 2.26. The highest BCUT2D eigenvalue weighted by Crippen LogP contribution is 2.31. The van der Waals surface area contributed by atoms with Crippen LogP contribution in [0.2, 0.25) is 0 Å². The van der Waals surface area contributed by atoms with Gasteiger partial charge in [-0.1, -0.05) is 24.5 Å². The molecule has 1 saturated carbocycles. The van der Waals surface area contributed by atoms with Crippen LogP contribution in [0.25, 0.3) is 0 Å². The molecule has 1 fully saturated rings. The van der Waals surface area contributed by atoms with Crippen LogP contribution in [0.3, 0.4) is 0 Å². The summed E-state index contributed by atoms with van der Waals surface area (Å²) in [5.41, 5.74) is 2.04. The smallest absolute Gasteiger partial charge is 0.356 e. The molecule has 4 rings (SSSR count). The normalized spacial score (nSPS) is 13.7. The Morgan fingerprint density at radius 2 is 1.94 bits per heavy atom. The van der Waals surface area contributed by atoms with Gasteiger partial charge in [0, 0.05) is 42.2 Å². The number of aryl methyl sites for hydroxylation is 4. The van der Waals surface area contributed by atoms with Crippen molar-refractivity contribution in [3.05, 3.63) is 58.1 Å². The molecule has 0 aliphatic heterocycles. The number of benzene rings is 1. The molecule has 3 N–H and O–H groups in total. The number of Topliss-reactive ketones (excluding diaryl/α,β-unsaturated/α-hetero) is 1. The van der Waals surface area contributed by atoms with Gasteiger partial charge in [0.2, 0.25) is 0 Å². The number of imidazole rings is 1. The van der Waals surface area contributed by atoms with Gasteiger partial charge in [-0.05, 0) is 38.3 Å². The first-order valence-corrected chi connectivity index (χ1v) is 12.0. The highest BCUT2D eigenvalue weighted by molar-refractivity contribution is 7.15. The van der Waals surface area contributed by atoms with Crippen molar-refractivity contribution in [1.29, 1.82) is 0 Å². The molecule has 0 radical (unpaired) electrons. The Morgan fingerprint density at radius 1 is 1.18 bits per heavy atom. The van der Waals surface area contributed by atoms with Gasteiger partial charge in [0.15, 0.2) is 16.6 Å². The summed E-state index contributed by atoms with van der Waals surface area (Å²) in [6.45, 7) is 1.93. The molecular formula is C24H27N5O4S. The summed E-state index contributed by atoms with van der Waals surface area (Å²) in [7, 11) is 1.76. The second-order valence-corrected chi connectivity index (χ2v) is 9.68. The van der Waals surface area contributed by atoms with E-state index in [9.17, 15) is 14.4 Å². The van der Waals surface area contributed by atoms with Gasteiger partial charge in [-0.15, -0.1) is 11.3 Å². The SMILES string of the molecule is Cc1ccc(NC(=O)Nc2ncc(CCc3nc(C(=O)O)cn3C)s2)c(C(=O)C2CCCC2)c1. The van der Waals surface area contributed by atoms with Gasteiger partial charge in [0.25, 0.3) is 0 Å². The van der Waals surface area contributed by atoms with Gasteiger partial charge < -0.3 is 15.0 Å². The van der Waals surface area contributed by atoms with E-state index < -0.39 is 12.0 Å². The quantitative estimate of drug-likeness (QED) is 0.401. The molecule has 10 heteroatoms. The van der Waals surface area contributed by atoms with Crippen molar-refractivity contribution in [3.63, 3.8) is 0 Å². The third-order valence-corrected chi connectivity index (χ3v) is 6.95. The molecule has 2 aromatic heterocycles. The summed E-state index contributed by atoms with van der Waals surface area (Å²) in [6, 6.07) is 5.02. The maximum atomic E-state index is 13.0. The van der Waals surface area contributed by atoms with Crippen LogP contribution in [-0.4, -0.2) is 37.4 Å². The number of aromatic nitrogens is 3. The number of nitrogens with one attached hydrogen (secondary N) is 2. The van der Waals surface area contributed by atoms with Crippen LogP contribution in [0.15, 0.2) is 30.6 Å². The van der Waals surface area contributed by atoms with Crippen molar-refractivity contribution in [2.75, 3.05) is 10.6 Å². The molecule has 1 aromatic carbocycles. The number of thiazole rings is 1. The van der Waals surface area contributed by atoms with Crippen LogP contribution < -0.4 is 10.6 Å². The Labute approximate surface area is 201 Å². The zero-order valence-corrected chi connectivity index (χ0v) is 19.9. The summed E-state index contributed by atoms with van der Waals surface area (Å²) in [6.07, 6.45) is 8.26. The van der Waals surface area contributed by atoms with Crippen LogP contribution >= 0.6 is 11.3 Å². The minimum absolute atomic E-state index is 0.0164. The average molecular weight is 482 g/mol. The molecule has 0 bridgehead atoms. The number of aromatic carboxylic acids is 1. The fraction of sp³-hybridized carbons (Fsp3) is 0.375. The van der Waals surface area contributed by atoms with Gasteiger partial charge in [-0.3, -0.25) is 10.1 Å².